The largest absolute Gasteiger partial charge is 0.508 e. The van der Waals surface area contributed by atoms with Gasteiger partial charge in [0.25, 0.3) is 0 Å². The van der Waals surface area contributed by atoms with Crippen molar-refractivity contribution in [1.29, 1.82) is 0 Å². The van der Waals surface area contributed by atoms with Gasteiger partial charge in [-0.15, -0.1) is 11.6 Å². The molecule has 0 atom stereocenters. The zero-order chi connectivity index (χ0) is 15.1. The van der Waals surface area contributed by atoms with Gasteiger partial charge in [0.05, 0.1) is 5.56 Å². The molecule has 0 aliphatic heterocycles. The summed E-state index contributed by atoms with van der Waals surface area (Å²) in [6.07, 6.45) is 0.537. The summed E-state index contributed by atoms with van der Waals surface area (Å²) in [4.78, 5) is 0. The molecule has 4 heteroatoms. The van der Waals surface area contributed by atoms with Crippen LogP contribution in [0.4, 0.5) is 4.39 Å². The van der Waals surface area contributed by atoms with Crippen molar-refractivity contribution >= 4 is 11.6 Å². The van der Waals surface area contributed by atoms with E-state index in [0.717, 1.165) is 5.56 Å². The summed E-state index contributed by atoms with van der Waals surface area (Å²) in [5.74, 6) is 6.52. The van der Waals surface area contributed by atoms with E-state index in [1.54, 1.807) is 30.3 Å². The van der Waals surface area contributed by atoms with Gasteiger partial charge in [-0.1, -0.05) is 24.0 Å². The molecule has 2 aromatic carbocycles. The highest BCUT2D eigenvalue weighted by molar-refractivity contribution is 6.18. The van der Waals surface area contributed by atoms with E-state index in [9.17, 15) is 9.50 Å². The molecular formula is C17H14ClFO2. The Morgan fingerprint density at radius 2 is 1.90 bits per heavy atom. The first-order chi connectivity index (χ1) is 10.2. The molecule has 0 amide bonds. The van der Waals surface area contributed by atoms with Crippen LogP contribution in [-0.2, 0) is 6.61 Å². The van der Waals surface area contributed by atoms with Gasteiger partial charge in [-0.2, -0.15) is 0 Å². The first kappa shape index (κ1) is 15.2. The van der Waals surface area contributed by atoms with Gasteiger partial charge in [-0.25, -0.2) is 4.39 Å². The Hall–Kier alpha value is -2.18. The van der Waals surface area contributed by atoms with Crippen molar-refractivity contribution < 1.29 is 14.2 Å². The van der Waals surface area contributed by atoms with Crippen molar-refractivity contribution in [2.75, 3.05) is 5.88 Å². The molecule has 21 heavy (non-hydrogen) atoms. The highest BCUT2D eigenvalue weighted by atomic mass is 35.5. The van der Waals surface area contributed by atoms with Crippen molar-refractivity contribution in [2.45, 2.75) is 13.0 Å². The topological polar surface area (TPSA) is 29.5 Å². The number of alkyl halides is 1. The van der Waals surface area contributed by atoms with Crippen LogP contribution in [0, 0.1) is 17.7 Å². The van der Waals surface area contributed by atoms with E-state index in [1.165, 1.54) is 12.1 Å². The minimum atomic E-state index is -0.359. The molecule has 1 N–H and O–H groups in total. The molecule has 0 saturated carbocycles. The molecule has 108 valence electrons. The van der Waals surface area contributed by atoms with Gasteiger partial charge >= 0.3 is 0 Å². The number of hydrogen-bond acceptors (Lipinski definition) is 2. The Morgan fingerprint density at radius 1 is 1.14 bits per heavy atom. The summed E-state index contributed by atoms with van der Waals surface area (Å²) < 4.78 is 19.0. The molecule has 2 rings (SSSR count). The summed E-state index contributed by atoms with van der Waals surface area (Å²) in [5.41, 5.74) is 1.40. The second kappa shape index (κ2) is 7.56. The number of ether oxygens (including phenoxy) is 1. The first-order valence-electron chi connectivity index (χ1n) is 6.44. The van der Waals surface area contributed by atoms with E-state index in [-0.39, 0.29) is 11.6 Å². The molecular weight excluding hydrogens is 291 g/mol. The minimum Gasteiger partial charge on any atom is -0.508 e. The minimum absolute atomic E-state index is 0.202. The number of rotatable bonds is 4. The van der Waals surface area contributed by atoms with Gasteiger partial charge in [-0.05, 0) is 35.9 Å². The number of phenolic OH excluding ortho intramolecular Hbond substituents is 1. The summed E-state index contributed by atoms with van der Waals surface area (Å²) >= 11 is 5.56. The maximum Gasteiger partial charge on any atom is 0.135 e. The van der Waals surface area contributed by atoms with Gasteiger partial charge in [-0.3, -0.25) is 0 Å². The second-order valence-electron chi connectivity index (χ2n) is 4.34. The van der Waals surface area contributed by atoms with Crippen LogP contribution in [0.15, 0.2) is 42.5 Å². The number of hydrogen-bond donors (Lipinski definition) is 1. The van der Waals surface area contributed by atoms with Gasteiger partial charge in [0.1, 0.15) is 23.9 Å². The number of benzene rings is 2. The molecule has 0 aromatic heterocycles. The average molecular weight is 305 g/mol. The summed E-state index contributed by atoms with van der Waals surface area (Å²) in [6, 6.07) is 10.9. The predicted octanol–water partition coefficient (Wildman–Crippen LogP) is 4.09. The molecule has 0 radical (unpaired) electrons. The molecule has 0 aliphatic rings. The SMILES string of the molecule is Oc1ccc(COc2ccc(F)cc2C#CCCCl)cc1. The predicted molar refractivity (Wildman–Crippen MR) is 81.1 cm³/mol. The number of phenols is 1. The van der Waals surface area contributed by atoms with Gasteiger partial charge in [0.2, 0.25) is 0 Å². The third-order valence-corrected chi connectivity index (χ3v) is 2.90. The Morgan fingerprint density at radius 3 is 2.62 bits per heavy atom. The molecule has 0 aliphatic carbocycles. The summed E-state index contributed by atoms with van der Waals surface area (Å²) in [5, 5.41) is 9.23. The quantitative estimate of drug-likeness (QED) is 0.681. The maximum absolute atomic E-state index is 13.3. The summed E-state index contributed by atoms with van der Waals surface area (Å²) in [6.45, 7) is 0.316. The fourth-order valence-corrected chi connectivity index (χ4v) is 1.78. The molecule has 0 heterocycles. The van der Waals surface area contributed by atoms with Crippen molar-refractivity contribution in [1.82, 2.24) is 0 Å². The monoisotopic (exact) mass is 304 g/mol. The third-order valence-electron chi connectivity index (χ3n) is 2.71. The lowest BCUT2D eigenvalue weighted by Crippen LogP contribution is -1.97. The molecule has 0 spiro atoms. The fraction of sp³-hybridized carbons (Fsp3) is 0.176. The zero-order valence-corrected chi connectivity index (χ0v) is 12.0. The molecule has 0 bridgehead atoms. The van der Waals surface area contributed by atoms with Crippen LogP contribution in [-0.4, -0.2) is 11.0 Å². The van der Waals surface area contributed by atoms with Gasteiger partial charge in [0, 0.05) is 12.3 Å². The van der Waals surface area contributed by atoms with E-state index in [4.69, 9.17) is 16.3 Å². The van der Waals surface area contributed by atoms with Crippen LogP contribution in [0.5, 0.6) is 11.5 Å². The van der Waals surface area contributed by atoms with Crippen LogP contribution in [0.1, 0.15) is 17.5 Å². The third kappa shape index (κ3) is 4.70. The smallest absolute Gasteiger partial charge is 0.135 e. The van der Waals surface area contributed by atoms with Gasteiger partial charge in [0.15, 0.2) is 0 Å². The van der Waals surface area contributed by atoms with E-state index in [0.29, 0.717) is 30.2 Å². The van der Waals surface area contributed by atoms with Gasteiger partial charge < -0.3 is 9.84 Å². The second-order valence-corrected chi connectivity index (χ2v) is 4.71. The van der Waals surface area contributed by atoms with Crippen LogP contribution < -0.4 is 4.74 Å². The summed E-state index contributed by atoms with van der Waals surface area (Å²) in [7, 11) is 0. The highest BCUT2D eigenvalue weighted by Crippen LogP contribution is 2.20. The highest BCUT2D eigenvalue weighted by Gasteiger charge is 2.04. The molecule has 2 aromatic rings. The Kier molecular flexibility index (Phi) is 5.48. The molecule has 0 fully saturated rings. The zero-order valence-electron chi connectivity index (χ0n) is 11.3. The lowest BCUT2D eigenvalue weighted by Gasteiger charge is -2.08. The van der Waals surface area contributed by atoms with Crippen molar-refractivity contribution in [3.8, 4) is 23.3 Å². The molecule has 2 nitrogen and oxygen atoms in total. The maximum atomic E-state index is 13.3. The lowest BCUT2D eigenvalue weighted by molar-refractivity contribution is 0.304. The Balaban J connectivity index is 2.12. The van der Waals surface area contributed by atoms with E-state index >= 15 is 0 Å². The standard InChI is InChI=1S/C17H14ClFO2/c18-10-2-1-3-14-11-15(19)6-9-17(14)21-12-13-4-7-16(20)8-5-13/h4-9,11,20H,2,10,12H2. The van der Waals surface area contributed by atoms with Crippen molar-refractivity contribution in [3.05, 3.63) is 59.4 Å². The van der Waals surface area contributed by atoms with Crippen LogP contribution in [0.2, 0.25) is 0 Å². The number of halogens is 2. The van der Waals surface area contributed by atoms with Crippen molar-refractivity contribution in [3.63, 3.8) is 0 Å². The van der Waals surface area contributed by atoms with Crippen LogP contribution >= 0.6 is 11.6 Å². The average Bonchev–Trinajstić information content (AvgIpc) is 2.48. The van der Waals surface area contributed by atoms with Crippen LogP contribution in [0.25, 0.3) is 0 Å². The van der Waals surface area contributed by atoms with E-state index < -0.39 is 0 Å². The first-order valence-corrected chi connectivity index (χ1v) is 6.97. The Labute approximate surface area is 128 Å². The molecule has 0 saturated heterocycles. The lowest BCUT2D eigenvalue weighted by atomic mass is 10.2. The Bertz CT molecular complexity index is 657. The van der Waals surface area contributed by atoms with Crippen LogP contribution in [0.3, 0.4) is 0 Å². The van der Waals surface area contributed by atoms with E-state index in [2.05, 4.69) is 11.8 Å². The normalized spacial score (nSPS) is 9.81. The molecule has 0 unspecified atom stereocenters. The number of aromatic hydroxyl groups is 1. The van der Waals surface area contributed by atoms with E-state index in [1.807, 2.05) is 0 Å². The fourth-order valence-electron chi connectivity index (χ4n) is 1.68. The van der Waals surface area contributed by atoms with Crippen molar-refractivity contribution in [2.24, 2.45) is 0 Å².